The number of anilines is 1. The van der Waals surface area contributed by atoms with Crippen molar-refractivity contribution < 1.29 is 9.53 Å². The number of carbonyl (C=O) groups excluding carboxylic acids is 1. The molecule has 0 bridgehead atoms. The van der Waals surface area contributed by atoms with Crippen LogP contribution in [0.4, 0.5) is 5.69 Å². The molecule has 4 nitrogen and oxygen atoms in total. The number of carbonyl (C=O) groups is 1. The second kappa shape index (κ2) is 6.95. The zero-order valence-electron chi connectivity index (χ0n) is 11.1. The first-order valence-electron chi connectivity index (χ1n) is 5.75. The molecule has 19 heavy (non-hydrogen) atoms. The van der Waals surface area contributed by atoms with Crippen LogP contribution < -0.4 is 4.90 Å². The van der Waals surface area contributed by atoms with Gasteiger partial charge in [-0.15, -0.1) is 0 Å². The maximum Gasteiger partial charge on any atom is 0.348 e. The molecule has 0 aliphatic rings. The van der Waals surface area contributed by atoms with Gasteiger partial charge < -0.3 is 9.64 Å². The van der Waals surface area contributed by atoms with Crippen LogP contribution in [-0.2, 0) is 9.53 Å². The van der Waals surface area contributed by atoms with E-state index in [2.05, 4.69) is 15.9 Å². The summed E-state index contributed by atoms with van der Waals surface area (Å²) < 4.78 is 5.63. The zero-order valence-corrected chi connectivity index (χ0v) is 12.7. The van der Waals surface area contributed by atoms with Crippen LogP contribution in [0.2, 0.25) is 0 Å². The van der Waals surface area contributed by atoms with Crippen LogP contribution in [-0.4, -0.2) is 26.7 Å². The van der Waals surface area contributed by atoms with Crippen molar-refractivity contribution in [3.8, 4) is 6.07 Å². The first-order valence-corrected chi connectivity index (χ1v) is 6.54. The third-order valence-electron chi connectivity index (χ3n) is 2.42. The maximum atomic E-state index is 11.5. The molecule has 0 unspecified atom stereocenters. The second-order valence-corrected chi connectivity index (χ2v) is 4.84. The van der Waals surface area contributed by atoms with Crippen molar-refractivity contribution in [2.45, 2.75) is 6.92 Å². The van der Waals surface area contributed by atoms with E-state index in [0.717, 1.165) is 15.7 Å². The summed E-state index contributed by atoms with van der Waals surface area (Å²) in [6.45, 7) is 1.95. The van der Waals surface area contributed by atoms with Gasteiger partial charge in [0.1, 0.15) is 11.6 Å². The predicted octanol–water partition coefficient (Wildman–Crippen LogP) is 2.99. The highest BCUT2D eigenvalue weighted by Crippen LogP contribution is 2.25. The van der Waals surface area contributed by atoms with E-state index in [4.69, 9.17) is 10.00 Å². The third-order valence-corrected chi connectivity index (χ3v) is 3.10. The highest BCUT2D eigenvalue weighted by Gasteiger charge is 2.11. The van der Waals surface area contributed by atoms with Crippen LogP contribution in [0.15, 0.2) is 28.2 Å². The molecule has 0 N–H and O–H groups in total. The minimum Gasteiger partial charge on any atom is -0.462 e. The molecule has 0 amide bonds. The fraction of sp³-hybridized carbons (Fsp3) is 0.286. The second-order valence-electron chi connectivity index (χ2n) is 3.99. The molecule has 0 fully saturated rings. The third kappa shape index (κ3) is 4.11. The molecule has 1 aromatic rings. The molecule has 0 atom stereocenters. The van der Waals surface area contributed by atoms with E-state index in [9.17, 15) is 4.79 Å². The number of ether oxygens (including phenoxy) is 1. The number of esters is 1. The number of halogens is 1. The minimum atomic E-state index is -0.603. The van der Waals surface area contributed by atoms with Crippen LogP contribution in [0.3, 0.4) is 0 Å². The lowest BCUT2D eigenvalue weighted by molar-refractivity contribution is -0.137. The number of hydrogen-bond donors (Lipinski definition) is 0. The Kier molecular flexibility index (Phi) is 5.58. The van der Waals surface area contributed by atoms with Gasteiger partial charge in [0.2, 0.25) is 0 Å². The number of benzene rings is 1. The highest BCUT2D eigenvalue weighted by molar-refractivity contribution is 9.10. The molecular formula is C14H15BrN2O2. The van der Waals surface area contributed by atoms with Crippen molar-refractivity contribution in [1.29, 1.82) is 5.26 Å². The van der Waals surface area contributed by atoms with Gasteiger partial charge in [-0.05, 0) is 30.7 Å². The van der Waals surface area contributed by atoms with Gasteiger partial charge in [0, 0.05) is 24.3 Å². The SMILES string of the molecule is CCOC(=O)C(C#N)=Cc1ccc(N(C)C)cc1Br. The van der Waals surface area contributed by atoms with E-state index in [1.807, 2.05) is 43.3 Å². The summed E-state index contributed by atoms with van der Waals surface area (Å²) in [5.41, 5.74) is 1.77. The Morgan fingerprint density at radius 2 is 2.21 bits per heavy atom. The number of nitrogens with zero attached hydrogens (tertiary/aromatic N) is 2. The molecule has 1 aromatic carbocycles. The Bertz CT molecular complexity index is 545. The van der Waals surface area contributed by atoms with Crippen molar-refractivity contribution in [1.82, 2.24) is 0 Å². The predicted molar refractivity (Wildman–Crippen MR) is 78.7 cm³/mol. The van der Waals surface area contributed by atoms with E-state index in [1.54, 1.807) is 6.92 Å². The van der Waals surface area contributed by atoms with Crippen LogP contribution >= 0.6 is 15.9 Å². The molecule has 100 valence electrons. The maximum absolute atomic E-state index is 11.5. The van der Waals surface area contributed by atoms with Crippen molar-refractivity contribution in [3.63, 3.8) is 0 Å². The monoisotopic (exact) mass is 322 g/mol. The van der Waals surface area contributed by atoms with Crippen molar-refractivity contribution in [3.05, 3.63) is 33.8 Å². The summed E-state index contributed by atoms with van der Waals surface area (Å²) in [7, 11) is 3.88. The van der Waals surface area contributed by atoms with Gasteiger partial charge >= 0.3 is 5.97 Å². The molecular weight excluding hydrogens is 308 g/mol. The smallest absolute Gasteiger partial charge is 0.348 e. The summed E-state index contributed by atoms with van der Waals surface area (Å²) in [5, 5.41) is 8.98. The average molecular weight is 323 g/mol. The number of nitriles is 1. The Labute approximate surface area is 121 Å². The van der Waals surface area contributed by atoms with E-state index in [1.165, 1.54) is 6.08 Å². The fourth-order valence-corrected chi connectivity index (χ4v) is 1.89. The quantitative estimate of drug-likeness (QED) is 0.486. The summed E-state index contributed by atoms with van der Waals surface area (Å²) in [5.74, 6) is -0.603. The van der Waals surface area contributed by atoms with Crippen LogP contribution in [0.25, 0.3) is 6.08 Å². The van der Waals surface area contributed by atoms with E-state index in [-0.39, 0.29) is 12.2 Å². The largest absolute Gasteiger partial charge is 0.462 e. The van der Waals surface area contributed by atoms with Gasteiger partial charge in [-0.25, -0.2) is 4.79 Å². The van der Waals surface area contributed by atoms with Gasteiger partial charge in [-0.1, -0.05) is 22.0 Å². The number of rotatable bonds is 4. The average Bonchev–Trinajstić information content (AvgIpc) is 2.37. The van der Waals surface area contributed by atoms with Gasteiger partial charge in [-0.3, -0.25) is 0 Å². The lowest BCUT2D eigenvalue weighted by Gasteiger charge is -2.13. The fourth-order valence-electron chi connectivity index (χ4n) is 1.41. The Morgan fingerprint density at radius 3 is 2.68 bits per heavy atom. The summed E-state index contributed by atoms with van der Waals surface area (Å²) in [6, 6.07) is 7.53. The minimum absolute atomic E-state index is 0.0137. The van der Waals surface area contributed by atoms with Crippen molar-refractivity contribution in [2.24, 2.45) is 0 Å². The molecule has 0 radical (unpaired) electrons. The molecule has 0 spiro atoms. The molecule has 0 heterocycles. The van der Waals surface area contributed by atoms with Gasteiger partial charge in [0.25, 0.3) is 0 Å². The summed E-state index contributed by atoms with van der Waals surface area (Å²) in [4.78, 5) is 13.5. The summed E-state index contributed by atoms with van der Waals surface area (Å²) >= 11 is 3.43. The lowest BCUT2D eigenvalue weighted by Crippen LogP contribution is -2.08. The first-order chi connectivity index (χ1) is 8.99. The van der Waals surface area contributed by atoms with Crippen LogP contribution in [0.1, 0.15) is 12.5 Å². The highest BCUT2D eigenvalue weighted by atomic mass is 79.9. The van der Waals surface area contributed by atoms with Gasteiger partial charge in [0.15, 0.2) is 0 Å². The van der Waals surface area contributed by atoms with Crippen molar-refractivity contribution in [2.75, 3.05) is 25.6 Å². The molecule has 0 aliphatic carbocycles. The van der Waals surface area contributed by atoms with E-state index in [0.29, 0.717) is 0 Å². The zero-order chi connectivity index (χ0) is 14.4. The van der Waals surface area contributed by atoms with E-state index < -0.39 is 5.97 Å². The van der Waals surface area contributed by atoms with Crippen LogP contribution in [0, 0.1) is 11.3 Å². The molecule has 0 saturated carbocycles. The lowest BCUT2D eigenvalue weighted by atomic mass is 10.1. The Morgan fingerprint density at radius 1 is 1.53 bits per heavy atom. The summed E-state index contributed by atoms with van der Waals surface area (Å²) in [6.07, 6.45) is 1.52. The number of hydrogen-bond acceptors (Lipinski definition) is 4. The molecule has 0 aromatic heterocycles. The van der Waals surface area contributed by atoms with Gasteiger partial charge in [-0.2, -0.15) is 5.26 Å². The van der Waals surface area contributed by atoms with Crippen molar-refractivity contribution >= 4 is 33.7 Å². The first kappa shape index (κ1) is 15.3. The Balaban J connectivity index is 3.10. The normalized spacial score (nSPS) is 10.8. The topological polar surface area (TPSA) is 53.3 Å². The standard InChI is InChI=1S/C14H15BrN2O2/c1-4-19-14(18)11(9-16)7-10-5-6-12(17(2)3)8-13(10)15/h5-8H,4H2,1-3H3. The molecule has 1 rings (SSSR count). The van der Waals surface area contributed by atoms with Crippen LogP contribution in [0.5, 0.6) is 0 Å². The molecule has 0 aliphatic heterocycles. The Hall–Kier alpha value is -1.80. The molecule has 0 saturated heterocycles. The molecule has 5 heteroatoms. The van der Waals surface area contributed by atoms with Gasteiger partial charge in [0.05, 0.1) is 6.61 Å². The van der Waals surface area contributed by atoms with E-state index >= 15 is 0 Å².